The van der Waals surface area contributed by atoms with Gasteiger partial charge < -0.3 is 10.3 Å². The molecule has 0 fully saturated rings. The Hall–Kier alpha value is -2.40. The molecule has 0 saturated heterocycles. The van der Waals surface area contributed by atoms with Gasteiger partial charge in [-0.2, -0.15) is 0 Å². The summed E-state index contributed by atoms with van der Waals surface area (Å²) >= 11 is 5.80. The summed E-state index contributed by atoms with van der Waals surface area (Å²) in [6.07, 6.45) is 1.60. The highest BCUT2D eigenvalue weighted by atomic mass is 35.5. The summed E-state index contributed by atoms with van der Waals surface area (Å²) in [4.78, 5) is 4.16. The van der Waals surface area contributed by atoms with E-state index < -0.39 is 5.82 Å². The van der Waals surface area contributed by atoms with Crippen LogP contribution in [-0.2, 0) is 0 Å². The van der Waals surface area contributed by atoms with E-state index in [9.17, 15) is 4.39 Å². The Labute approximate surface area is 119 Å². The lowest BCUT2D eigenvalue weighted by Gasteiger charge is -2.04. The van der Waals surface area contributed by atoms with E-state index in [2.05, 4.69) is 10.1 Å². The maximum absolute atomic E-state index is 14.2. The molecular formula is C14H9ClFN3O. The molecule has 1 aromatic carbocycles. The van der Waals surface area contributed by atoms with Crippen LogP contribution in [0.5, 0.6) is 0 Å². The number of rotatable bonds is 2. The zero-order valence-electron chi connectivity index (χ0n) is 10.2. The minimum absolute atomic E-state index is 0.00932. The summed E-state index contributed by atoms with van der Waals surface area (Å²) in [5.41, 5.74) is 6.89. The lowest BCUT2D eigenvalue weighted by atomic mass is 10.0. The first-order valence-corrected chi connectivity index (χ1v) is 6.17. The number of benzene rings is 1. The molecule has 3 rings (SSSR count). The average Bonchev–Trinajstić information content (AvgIpc) is 2.85. The Morgan fingerprint density at radius 1 is 1.15 bits per heavy atom. The van der Waals surface area contributed by atoms with Crippen LogP contribution in [-0.4, -0.2) is 10.1 Å². The van der Waals surface area contributed by atoms with E-state index in [1.807, 2.05) is 0 Å². The summed E-state index contributed by atoms with van der Waals surface area (Å²) in [5.74, 6) is -0.169. The van der Waals surface area contributed by atoms with Gasteiger partial charge in [0.05, 0.1) is 10.6 Å². The molecule has 6 heteroatoms. The fraction of sp³-hybridized carbons (Fsp3) is 0. The van der Waals surface area contributed by atoms with Gasteiger partial charge in [0.15, 0.2) is 11.6 Å². The van der Waals surface area contributed by atoms with Crippen LogP contribution in [0.25, 0.3) is 22.6 Å². The second-order valence-corrected chi connectivity index (χ2v) is 4.50. The Bertz CT molecular complexity index is 758. The molecule has 4 nitrogen and oxygen atoms in total. The predicted molar refractivity (Wildman–Crippen MR) is 74.6 cm³/mol. The summed E-state index contributed by atoms with van der Waals surface area (Å²) in [6.45, 7) is 0. The van der Waals surface area contributed by atoms with Crippen molar-refractivity contribution in [3.05, 3.63) is 53.4 Å². The summed E-state index contributed by atoms with van der Waals surface area (Å²) in [7, 11) is 0. The van der Waals surface area contributed by atoms with Crippen LogP contribution in [0.3, 0.4) is 0 Å². The monoisotopic (exact) mass is 289 g/mol. The molecule has 0 saturated carbocycles. The predicted octanol–water partition coefficient (Wildman–Crippen LogP) is 3.78. The molecular weight excluding hydrogens is 281 g/mol. The Morgan fingerprint density at radius 3 is 2.75 bits per heavy atom. The van der Waals surface area contributed by atoms with E-state index in [1.165, 1.54) is 6.07 Å². The van der Waals surface area contributed by atoms with Crippen LogP contribution < -0.4 is 5.73 Å². The van der Waals surface area contributed by atoms with Gasteiger partial charge in [-0.3, -0.25) is 4.98 Å². The zero-order chi connectivity index (χ0) is 14.1. The van der Waals surface area contributed by atoms with E-state index >= 15 is 0 Å². The maximum Gasteiger partial charge on any atom is 0.195 e. The summed E-state index contributed by atoms with van der Waals surface area (Å²) in [6, 6.07) is 9.95. The molecule has 2 aromatic heterocycles. The fourth-order valence-electron chi connectivity index (χ4n) is 1.93. The number of anilines is 1. The van der Waals surface area contributed by atoms with Gasteiger partial charge in [-0.1, -0.05) is 35.0 Å². The SMILES string of the molecule is Nc1noc(-c2ccccn2)c1-c1cccc(Cl)c1F. The Morgan fingerprint density at radius 2 is 2.00 bits per heavy atom. The summed E-state index contributed by atoms with van der Waals surface area (Å²) < 4.78 is 19.3. The van der Waals surface area contributed by atoms with Gasteiger partial charge in [0.1, 0.15) is 11.5 Å². The van der Waals surface area contributed by atoms with Crippen LogP contribution in [0.2, 0.25) is 5.02 Å². The van der Waals surface area contributed by atoms with Gasteiger partial charge in [-0.25, -0.2) is 4.39 Å². The third-order valence-corrected chi connectivity index (χ3v) is 3.13. The van der Waals surface area contributed by atoms with Crippen LogP contribution in [0.1, 0.15) is 0 Å². The Kier molecular flexibility index (Phi) is 3.12. The van der Waals surface area contributed by atoms with Gasteiger partial charge in [0.2, 0.25) is 0 Å². The smallest absolute Gasteiger partial charge is 0.195 e. The topological polar surface area (TPSA) is 64.9 Å². The van der Waals surface area contributed by atoms with Gasteiger partial charge in [-0.05, 0) is 18.2 Å². The molecule has 2 heterocycles. The number of aromatic nitrogens is 2. The molecule has 3 aromatic rings. The number of hydrogen-bond donors (Lipinski definition) is 1. The van der Waals surface area contributed by atoms with Crippen LogP contribution in [0.4, 0.5) is 10.2 Å². The second-order valence-electron chi connectivity index (χ2n) is 4.09. The Balaban J connectivity index is 2.25. The molecule has 0 aliphatic heterocycles. The number of halogens is 2. The molecule has 0 atom stereocenters. The largest absolute Gasteiger partial charge is 0.380 e. The lowest BCUT2D eigenvalue weighted by molar-refractivity contribution is 0.435. The molecule has 0 aliphatic rings. The molecule has 0 radical (unpaired) electrons. The lowest BCUT2D eigenvalue weighted by Crippen LogP contribution is -1.92. The first-order valence-electron chi connectivity index (χ1n) is 5.79. The minimum atomic E-state index is -0.568. The van der Waals surface area contributed by atoms with Crippen molar-refractivity contribution in [2.24, 2.45) is 0 Å². The first kappa shape index (κ1) is 12.6. The van der Waals surface area contributed by atoms with Gasteiger partial charge >= 0.3 is 0 Å². The standard InChI is InChI=1S/C14H9ClFN3O/c15-9-5-3-4-8(12(9)16)11-13(20-19-14(11)17)10-6-1-2-7-18-10/h1-7H,(H2,17,19). The fourth-order valence-corrected chi connectivity index (χ4v) is 2.11. The zero-order valence-corrected chi connectivity index (χ0v) is 10.9. The van der Waals surface area contributed by atoms with Crippen molar-refractivity contribution in [1.29, 1.82) is 0 Å². The third kappa shape index (κ3) is 2.02. The number of nitrogens with zero attached hydrogens (tertiary/aromatic N) is 2. The van der Waals surface area contributed by atoms with E-state index in [4.69, 9.17) is 21.9 Å². The maximum atomic E-state index is 14.2. The van der Waals surface area contributed by atoms with Gasteiger partial charge in [0.25, 0.3) is 0 Å². The van der Waals surface area contributed by atoms with Crippen molar-refractivity contribution in [3.63, 3.8) is 0 Å². The van der Waals surface area contributed by atoms with Crippen LogP contribution in [0, 0.1) is 5.82 Å². The number of nitrogens with two attached hydrogens (primary N) is 1. The molecule has 0 bridgehead atoms. The van der Waals surface area contributed by atoms with Crippen molar-refractivity contribution >= 4 is 17.4 Å². The third-order valence-electron chi connectivity index (χ3n) is 2.84. The first-order chi connectivity index (χ1) is 9.68. The molecule has 100 valence electrons. The quantitative estimate of drug-likeness (QED) is 0.780. The van der Waals surface area contributed by atoms with Gasteiger partial charge in [-0.15, -0.1) is 0 Å². The van der Waals surface area contributed by atoms with E-state index in [0.29, 0.717) is 17.0 Å². The van der Waals surface area contributed by atoms with E-state index in [0.717, 1.165) is 0 Å². The van der Waals surface area contributed by atoms with Crippen LogP contribution >= 0.6 is 11.6 Å². The van der Waals surface area contributed by atoms with Crippen LogP contribution in [0.15, 0.2) is 47.1 Å². The van der Waals surface area contributed by atoms with Crippen molar-refractivity contribution < 1.29 is 8.91 Å². The molecule has 0 unspecified atom stereocenters. The van der Waals surface area contributed by atoms with Crippen molar-refractivity contribution in [2.45, 2.75) is 0 Å². The molecule has 0 aliphatic carbocycles. The number of pyridine rings is 1. The van der Waals surface area contributed by atoms with E-state index in [-0.39, 0.29) is 16.4 Å². The highest BCUT2D eigenvalue weighted by Gasteiger charge is 2.22. The summed E-state index contributed by atoms with van der Waals surface area (Å²) in [5, 5.41) is 3.70. The second kappa shape index (κ2) is 4.94. The van der Waals surface area contributed by atoms with Crippen molar-refractivity contribution in [2.75, 3.05) is 5.73 Å². The molecule has 0 spiro atoms. The van der Waals surface area contributed by atoms with Crippen molar-refractivity contribution in [3.8, 4) is 22.6 Å². The number of hydrogen-bond acceptors (Lipinski definition) is 4. The molecule has 0 amide bonds. The molecule has 20 heavy (non-hydrogen) atoms. The highest BCUT2D eigenvalue weighted by molar-refractivity contribution is 6.31. The van der Waals surface area contributed by atoms with E-state index in [1.54, 1.807) is 36.5 Å². The molecule has 2 N–H and O–H groups in total. The minimum Gasteiger partial charge on any atom is -0.380 e. The number of nitrogen functional groups attached to an aromatic ring is 1. The highest BCUT2D eigenvalue weighted by Crippen LogP contribution is 2.38. The normalized spacial score (nSPS) is 10.7. The van der Waals surface area contributed by atoms with Gasteiger partial charge in [0, 0.05) is 11.8 Å². The van der Waals surface area contributed by atoms with Crippen molar-refractivity contribution in [1.82, 2.24) is 10.1 Å². The average molecular weight is 290 g/mol.